The van der Waals surface area contributed by atoms with Crippen LogP contribution in [0, 0.1) is 23.7 Å². The maximum Gasteiger partial charge on any atom is 0.472 e. The zero-order valence-corrected chi connectivity index (χ0v) is 76.8. The van der Waals surface area contributed by atoms with Crippen molar-refractivity contribution in [1.82, 2.24) is 0 Å². The molecule has 0 bridgehead atoms. The lowest BCUT2D eigenvalue weighted by Gasteiger charge is -2.21. The predicted octanol–water partition coefficient (Wildman–Crippen LogP) is 29.1. The van der Waals surface area contributed by atoms with E-state index in [0.717, 1.165) is 114 Å². The number of phosphoric acid groups is 2. The second-order valence-electron chi connectivity index (χ2n) is 35.2. The maximum absolute atomic E-state index is 13.2. The first kappa shape index (κ1) is 111. The van der Waals surface area contributed by atoms with Gasteiger partial charge in [0.2, 0.25) is 0 Å². The molecule has 0 aliphatic rings. The van der Waals surface area contributed by atoms with Crippen molar-refractivity contribution in [3.05, 3.63) is 0 Å². The molecule has 3 N–H and O–H groups in total. The number of phosphoric ester groups is 2. The number of ether oxygens (including phenoxy) is 4. The van der Waals surface area contributed by atoms with E-state index in [0.29, 0.717) is 25.7 Å². The van der Waals surface area contributed by atoms with Gasteiger partial charge < -0.3 is 33.8 Å². The Hall–Kier alpha value is -1.94. The van der Waals surface area contributed by atoms with E-state index in [1.165, 1.54) is 302 Å². The van der Waals surface area contributed by atoms with Crippen LogP contribution in [0.25, 0.3) is 0 Å². The van der Waals surface area contributed by atoms with E-state index in [1.54, 1.807) is 0 Å². The summed E-state index contributed by atoms with van der Waals surface area (Å²) in [5.41, 5.74) is 0. The van der Waals surface area contributed by atoms with Crippen LogP contribution in [0.3, 0.4) is 0 Å². The van der Waals surface area contributed by atoms with Gasteiger partial charge in [-0.15, -0.1) is 0 Å². The van der Waals surface area contributed by atoms with Gasteiger partial charge in [0.1, 0.15) is 19.3 Å². The highest BCUT2D eigenvalue weighted by atomic mass is 31.2. The van der Waals surface area contributed by atoms with Gasteiger partial charge in [0, 0.05) is 25.7 Å². The average molecular weight is 1650 g/mol. The van der Waals surface area contributed by atoms with Crippen molar-refractivity contribution < 1.29 is 80.2 Å². The summed E-state index contributed by atoms with van der Waals surface area (Å²) in [6, 6.07) is 0. The van der Waals surface area contributed by atoms with Crippen LogP contribution < -0.4 is 0 Å². The van der Waals surface area contributed by atoms with Crippen molar-refractivity contribution in [2.75, 3.05) is 39.6 Å². The summed E-state index contributed by atoms with van der Waals surface area (Å²) in [7, 11) is -9.94. The van der Waals surface area contributed by atoms with Crippen molar-refractivity contribution in [1.29, 1.82) is 0 Å². The van der Waals surface area contributed by atoms with Gasteiger partial charge in [0.25, 0.3) is 0 Å². The molecule has 0 fully saturated rings. The molecule has 0 radical (unpaired) electrons. The van der Waals surface area contributed by atoms with Gasteiger partial charge in [-0.1, -0.05) is 447 Å². The highest BCUT2D eigenvalue weighted by Crippen LogP contribution is 2.45. The van der Waals surface area contributed by atoms with Gasteiger partial charge in [0.05, 0.1) is 26.4 Å². The zero-order valence-electron chi connectivity index (χ0n) is 75.0. The molecule has 19 heteroatoms. The van der Waals surface area contributed by atoms with Crippen LogP contribution in [0.4, 0.5) is 0 Å². The van der Waals surface area contributed by atoms with Crippen LogP contribution in [-0.4, -0.2) is 96.7 Å². The minimum atomic E-state index is -4.97. The van der Waals surface area contributed by atoms with E-state index in [4.69, 9.17) is 37.0 Å². The summed E-state index contributed by atoms with van der Waals surface area (Å²) in [5, 5.41) is 10.7. The largest absolute Gasteiger partial charge is 0.472 e. The number of rotatable bonds is 91. The molecule has 672 valence electrons. The minimum absolute atomic E-state index is 0.107. The number of unbranched alkanes of at least 4 members (excludes halogenated alkanes) is 55. The maximum atomic E-state index is 13.2. The Morgan fingerprint density at radius 3 is 0.628 bits per heavy atom. The average Bonchev–Trinajstić information content (AvgIpc) is 0.896. The molecule has 0 aliphatic carbocycles. The molecule has 0 aromatic heterocycles. The van der Waals surface area contributed by atoms with E-state index >= 15 is 0 Å². The standard InChI is InChI=1S/C94H184O17P2/c1-9-86(7)72-64-56-48-40-32-26-20-16-12-14-18-22-29-35-43-52-60-68-76-93(98)110-89(80-104-91(96)74-66-58-50-42-34-28-21-17-13-11-15-19-25-31-38-46-54-62-70-84(3)4)82-108-112(100,101)106-78-88(95)79-107-113(102,103)109-83-90(81-105-92(97)75-67-59-51-45-37-39-47-55-63-71-85(5)6)111-94(99)77-69-61-53-44-36-30-24-23-27-33-41-49-57-65-73-87(8)10-2/h84-90,95H,9-83H2,1-8H3,(H,100,101)(H,102,103)/t86?,87?,88-,89-,90-/m1/s1. The molecule has 113 heavy (non-hydrogen) atoms. The molecule has 0 spiro atoms. The quantitative estimate of drug-likeness (QED) is 0.0222. The minimum Gasteiger partial charge on any atom is -0.462 e. The SMILES string of the molecule is CCC(C)CCCCCCCCCCCCCCCCCCCCC(=O)O[C@H](COC(=O)CCCCCCCCCCCCCCCCCCCCC(C)C)COP(=O)(O)OC[C@@H](O)COP(=O)(O)OC[C@@H](COC(=O)CCCCCCCCCCCC(C)C)OC(=O)CCCCCCCCCCCCCCCCC(C)CC. The molecular weight excluding hydrogens is 1460 g/mol. The number of hydrogen-bond acceptors (Lipinski definition) is 15. The van der Waals surface area contributed by atoms with Gasteiger partial charge in [-0.05, 0) is 49.4 Å². The van der Waals surface area contributed by atoms with Crippen LogP contribution in [0.15, 0.2) is 0 Å². The summed E-state index contributed by atoms with van der Waals surface area (Å²) in [4.78, 5) is 73.5. The third-order valence-corrected chi connectivity index (χ3v) is 24.7. The summed E-state index contributed by atoms with van der Waals surface area (Å²) < 4.78 is 69.2. The van der Waals surface area contributed by atoms with Crippen LogP contribution in [0.1, 0.15) is 498 Å². The molecular formula is C94H184O17P2. The number of hydrogen-bond donors (Lipinski definition) is 3. The second-order valence-corrected chi connectivity index (χ2v) is 38.1. The van der Waals surface area contributed by atoms with Crippen LogP contribution in [0.2, 0.25) is 0 Å². The lowest BCUT2D eigenvalue weighted by Crippen LogP contribution is -2.30. The molecule has 17 nitrogen and oxygen atoms in total. The fourth-order valence-electron chi connectivity index (χ4n) is 14.7. The fourth-order valence-corrected chi connectivity index (χ4v) is 16.2. The number of carbonyl (C=O) groups is 4. The summed E-state index contributed by atoms with van der Waals surface area (Å²) in [5.74, 6) is 1.19. The van der Waals surface area contributed by atoms with E-state index in [1.807, 2.05) is 0 Å². The molecule has 0 amide bonds. The molecule has 0 aromatic rings. The Balaban J connectivity index is 5.25. The molecule has 0 rings (SSSR count). The Morgan fingerprint density at radius 1 is 0.248 bits per heavy atom. The van der Waals surface area contributed by atoms with Crippen molar-refractivity contribution in [2.24, 2.45) is 23.7 Å². The third kappa shape index (κ3) is 84.9. The molecule has 0 saturated heterocycles. The Labute approximate surface area is 696 Å². The van der Waals surface area contributed by atoms with Crippen molar-refractivity contribution in [2.45, 2.75) is 517 Å². The van der Waals surface area contributed by atoms with E-state index in [2.05, 4.69) is 55.4 Å². The molecule has 7 atom stereocenters. The van der Waals surface area contributed by atoms with E-state index < -0.39 is 97.5 Å². The Bertz CT molecular complexity index is 2190. The molecule has 0 aromatic carbocycles. The zero-order chi connectivity index (χ0) is 83.0. The summed E-state index contributed by atoms with van der Waals surface area (Å²) in [6.07, 6.45) is 75.0. The monoisotopic (exact) mass is 1650 g/mol. The fraction of sp³-hybridized carbons (Fsp3) is 0.957. The first-order valence-corrected chi connectivity index (χ1v) is 51.3. The Morgan fingerprint density at radius 2 is 0.425 bits per heavy atom. The van der Waals surface area contributed by atoms with E-state index in [9.17, 15) is 43.2 Å². The van der Waals surface area contributed by atoms with Gasteiger partial charge in [-0.3, -0.25) is 37.3 Å². The summed E-state index contributed by atoms with van der Waals surface area (Å²) in [6.45, 7) is 14.5. The number of carbonyl (C=O) groups excluding carboxylic acids is 4. The first-order valence-electron chi connectivity index (χ1n) is 48.3. The number of aliphatic hydroxyl groups excluding tert-OH is 1. The molecule has 0 aliphatic heterocycles. The molecule has 0 saturated carbocycles. The van der Waals surface area contributed by atoms with Crippen LogP contribution in [-0.2, 0) is 65.4 Å². The number of esters is 4. The lowest BCUT2D eigenvalue weighted by atomic mass is 9.99. The number of aliphatic hydroxyl groups is 1. The van der Waals surface area contributed by atoms with Crippen molar-refractivity contribution >= 4 is 39.5 Å². The first-order chi connectivity index (χ1) is 54.7. The molecule has 4 unspecified atom stereocenters. The highest BCUT2D eigenvalue weighted by molar-refractivity contribution is 7.47. The van der Waals surface area contributed by atoms with Crippen molar-refractivity contribution in [3.8, 4) is 0 Å². The third-order valence-electron chi connectivity index (χ3n) is 22.8. The smallest absolute Gasteiger partial charge is 0.462 e. The van der Waals surface area contributed by atoms with Crippen molar-refractivity contribution in [3.63, 3.8) is 0 Å². The normalized spacial score (nSPS) is 14.3. The van der Waals surface area contributed by atoms with Gasteiger partial charge in [0.15, 0.2) is 12.2 Å². The van der Waals surface area contributed by atoms with E-state index in [-0.39, 0.29) is 25.7 Å². The highest BCUT2D eigenvalue weighted by Gasteiger charge is 2.31. The Kier molecular flexibility index (Phi) is 81.0. The molecule has 0 heterocycles. The topological polar surface area (TPSA) is 237 Å². The van der Waals surface area contributed by atoms with Gasteiger partial charge in [-0.25, -0.2) is 9.13 Å². The summed E-state index contributed by atoms with van der Waals surface area (Å²) >= 11 is 0. The van der Waals surface area contributed by atoms with Gasteiger partial charge >= 0.3 is 39.5 Å². The van der Waals surface area contributed by atoms with Crippen LogP contribution >= 0.6 is 15.6 Å². The lowest BCUT2D eigenvalue weighted by molar-refractivity contribution is -0.161. The van der Waals surface area contributed by atoms with Gasteiger partial charge in [-0.2, -0.15) is 0 Å². The second kappa shape index (κ2) is 82.4. The van der Waals surface area contributed by atoms with Crippen LogP contribution in [0.5, 0.6) is 0 Å². The predicted molar refractivity (Wildman–Crippen MR) is 469 cm³/mol.